The predicted octanol–water partition coefficient (Wildman–Crippen LogP) is 2.19. The van der Waals surface area contributed by atoms with Gasteiger partial charge in [0.25, 0.3) is 5.56 Å². The molecule has 2 rings (SSSR count). The minimum Gasteiger partial charge on any atom is -0.437 e. The number of nitrogens with zero attached hydrogens (tertiary/aromatic N) is 3. The Kier molecular flexibility index (Phi) is 10.8. The zero-order valence-electron chi connectivity index (χ0n) is 24.1. The van der Waals surface area contributed by atoms with E-state index in [0.717, 1.165) is 18.0 Å². The van der Waals surface area contributed by atoms with Crippen LogP contribution in [-0.4, -0.2) is 75.6 Å². The molecule has 0 unspecified atom stereocenters. The average molecular weight is 610 g/mol. The molecule has 0 amide bonds. The summed E-state index contributed by atoms with van der Waals surface area (Å²) in [6.45, 7) is 8.14. The Hall–Kier alpha value is -2.95. The van der Waals surface area contributed by atoms with Crippen molar-refractivity contribution in [3.05, 3.63) is 16.7 Å². The third-order valence-electron chi connectivity index (χ3n) is 5.60. The number of hydrogen-bond acceptors (Lipinski definition) is 14. The average Bonchev–Trinajstić information content (AvgIpc) is 3.29. The number of aromatic amines is 1. The number of phosphoric ester groups is 1. The Morgan fingerprint density at radius 3 is 2.05 bits per heavy atom. The lowest BCUT2D eigenvalue weighted by atomic mass is 9.98. The van der Waals surface area contributed by atoms with Crippen LogP contribution in [0.25, 0.3) is 11.2 Å². The van der Waals surface area contributed by atoms with Crippen LogP contribution in [0.1, 0.15) is 54.8 Å². The van der Waals surface area contributed by atoms with Crippen LogP contribution in [0, 0.1) is 10.8 Å². The number of rotatable bonds is 13. The largest absolute Gasteiger partial charge is 0.480 e. The van der Waals surface area contributed by atoms with Gasteiger partial charge in [-0.2, -0.15) is 4.98 Å². The van der Waals surface area contributed by atoms with Crippen molar-refractivity contribution in [2.45, 2.75) is 66.5 Å². The molecular weight excluding hydrogens is 572 g/mol. The number of fused-ring (bicyclic) bond motifs is 1. The third-order valence-corrected chi connectivity index (χ3v) is 6.89. The van der Waals surface area contributed by atoms with Crippen molar-refractivity contribution in [3.63, 3.8) is 0 Å². The highest BCUT2D eigenvalue weighted by Crippen LogP contribution is 2.50. The molecule has 0 fully saturated rings. The molecule has 0 aliphatic carbocycles. The lowest BCUT2D eigenvalue weighted by Crippen LogP contribution is -2.48. The van der Waals surface area contributed by atoms with Crippen molar-refractivity contribution in [1.29, 1.82) is 0 Å². The molecule has 2 aromatic rings. The second-order valence-electron chi connectivity index (χ2n) is 11.2. The van der Waals surface area contributed by atoms with Gasteiger partial charge in [-0.1, -0.05) is 0 Å². The van der Waals surface area contributed by atoms with Crippen molar-refractivity contribution >= 4 is 36.9 Å². The molecule has 0 aliphatic heterocycles. The van der Waals surface area contributed by atoms with Crippen molar-refractivity contribution in [2.24, 2.45) is 10.8 Å². The number of nitrogen functional groups attached to an aromatic ring is 1. The van der Waals surface area contributed by atoms with E-state index in [1.807, 2.05) is 0 Å². The second kappa shape index (κ2) is 12.9. The van der Waals surface area contributed by atoms with Gasteiger partial charge >= 0.3 is 19.8 Å². The summed E-state index contributed by atoms with van der Waals surface area (Å²) in [5.74, 6) is -1.69. The van der Waals surface area contributed by atoms with Crippen LogP contribution in [0.5, 0.6) is 0 Å². The van der Waals surface area contributed by atoms with E-state index in [9.17, 15) is 24.1 Å². The number of carbonyl (C=O) groups is 2. The van der Waals surface area contributed by atoms with Gasteiger partial charge in [0.15, 0.2) is 11.2 Å². The number of imidazole rings is 1. The predicted molar refractivity (Wildman–Crippen MR) is 141 cm³/mol. The molecule has 2 aromatic heterocycles. The number of anilines is 1. The maximum atomic E-state index is 15.6. The summed E-state index contributed by atoms with van der Waals surface area (Å²) in [5.41, 5.74) is 0.583. The molecule has 16 nitrogen and oxygen atoms in total. The highest BCUT2D eigenvalue weighted by molar-refractivity contribution is 7.48. The van der Waals surface area contributed by atoms with Crippen LogP contribution in [0.2, 0.25) is 0 Å². The topological polar surface area (TPSA) is 216 Å². The van der Waals surface area contributed by atoms with Crippen LogP contribution >= 0.6 is 7.82 Å². The van der Waals surface area contributed by atoms with Crippen LogP contribution in [0.15, 0.2) is 11.1 Å². The first-order chi connectivity index (χ1) is 18.7. The molecule has 0 aliphatic rings. The highest BCUT2D eigenvalue weighted by atomic mass is 31.2. The smallest absolute Gasteiger partial charge is 0.437 e. The number of nitrogens with two attached hydrogens (primary N) is 1. The number of carbonyl (C=O) groups excluding carboxylic acids is 2. The first-order valence-electron chi connectivity index (χ1n) is 12.2. The van der Waals surface area contributed by atoms with E-state index in [4.69, 9.17) is 33.5 Å². The zero-order chi connectivity index (χ0) is 31.4. The van der Waals surface area contributed by atoms with Gasteiger partial charge in [-0.05, 0) is 48.5 Å². The fourth-order valence-corrected chi connectivity index (χ4v) is 3.87. The molecule has 0 radical (unpaired) electrons. The molecule has 0 bridgehead atoms. The van der Waals surface area contributed by atoms with Gasteiger partial charge in [-0.15, -0.1) is 0 Å². The van der Waals surface area contributed by atoms with Gasteiger partial charge in [-0.25, -0.2) is 23.0 Å². The quantitative estimate of drug-likeness (QED) is 0.169. The van der Waals surface area contributed by atoms with E-state index in [2.05, 4.69) is 15.0 Å². The Bertz CT molecular complexity index is 1300. The van der Waals surface area contributed by atoms with Crippen LogP contribution in [0.3, 0.4) is 0 Å². The zero-order valence-corrected chi connectivity index (χ0v) is 25.0. The number of hydrogen-bond donors (Lipinski definition) is 3. The molecule has 0 saturated heterocycles. The Morgan fingerprint density at radius 2 is 1.59 bits per heavy atom. The first-order valence-corrected chi connectivity index (χ1v) is 13.7. The van der Waals surface area contributed by atoms with E-state index < -0.39 is 74.3 Å². The standard InChI is InChI=1S/C23H37FN5O11P/c1-21(2,3)18(32)36-11-39-41(34,40-12-37-19(33)22(4,5)6)38-9-23(7,35-8)14(30)15(24)29-10-26-13-16(29)27-20(25)28-17(13)31/h10,14-15,30H,9,11-12H2,1-8H3,(H3,25,27,28,31)/t14-,15-,23+/m0/s1. The summed E-state index contributed by atoms with van der Waals surface area (Å²) in [6, 6.07) is 0. The van der Waals surface area contributed by atoms with Crippen molar-refractivity contribution in [1.82, 2.24) is 19.5 Å². The number of halogens is 1. The minimum atomic E-state index is -4.69. The lowest BCUT2D eigenvalue weighted by molar-refractivity contribution is -0.167. The maximum absolute atomic E-state index is 15.6. The second-order valence-corrected chi connectivity index (χ2v) is 12.9. The molecular formula is C23H37FN5O11P. The Morgan fingerprint density at radius 1 is 1.07 bits per heavy atom. The van der Waals surface area contributed by atoms with Gasteiger partial charge in [0.1, 0.15) is 11.7 Å². The number of H-pyrrole nitrogens is 1. The number of aliphatic hydroxyl groups excluding tert-OH is 1. The molecule has 41 heavy (non-hydrogen) atoms. The number of ether oxygens (including phenoxy) is 3. The van der Waals surface area contributed by atoms with Crippen LogP contribution in [-0.2, 0) is 41.9 Å². The number of nitrogens with one attached hydrogen (secondary N) is 1. The monoisotopic (exact) mass is 609 g/mol. The summed E-state index contributed by atoms with van der Waals surface area (Å²) in [7, 11) is -3.57. The molecule has 0 aromatic carbocycles. The van der Waals surface area contributed by atoms with E-state index in [1.54, 1.807) is 41.5 Å². The van der Waals surface area contributed by atoms with E-state index in [0.29, 0.717) is 0 Å². The van der Waals surface area contributed by atoms with Gasteiger partial charge in [-0.3, -0.25) is 28.5 Å². The molecule has 0 saturated carbocycles. The fraction of sp³-hybridized carbons (Fsp3) is 0.696. The van der Waals surface area contributed by atoms with Gasteiger partial charge < -0.3 is 25.1 Å². The summed E-state index contributed by atoms with van der Waals surface area (Å²) < 4.78 is 60.3. The summed E-state index contributed by atoms with van der Waals surface area (Å²) in [6.07, 6.45) is -3.43. The van der Waals surface area contributed by atoms with Crippen molar-refractivity contribution in [3.8, 4) is 0 Å². The first kappa shape index (κ1) is 34.3. The number of aromatic nitrogens is 4. The molecule has 3 atom stereocenters. The molecule has 2 heterocycles. The summed E-state index contributed by atoms with van der Waals surface area (Å²) in [5, 5.41) is 10.9. The Balaban J connectivity index is 2.23. The molecule has 232 valence electrons. The lowest BCUT2D eigenvalue weighted by Gasteiger charge is -2.35. The van der Waals surface area contributed by atoms with Gasteiger partial charge in [0.2, 0.25) is 25.8 Å². The molecule has 18 heteroatoms. The molecule has 4 N–H and O–H groups in total. The van der Waals surface area contributed by atoms with E-state index in [-0.39, 0.29) is 17.1 Å². The van der Waals surface area contributed by atoms with Crippen LogP contribution < -0.4 is 11.3 Å². The number of aliphatic hydroxyl groups is 1. The highest BCUT2D eigenvalue weighted by Gasteiger charge is 2.44. The third kappa shape index (κ3) is 8.77. The normalized spacial score (nSPS) is 15.8. The Labute approximate surface area is 235 Å². The maximum Gasteiger partial charge on any atom is 0.480 e. The van der Waals surface area contributed by atoms with E-state index >= 15 is 4.39 Å². The molecule has 0 spiro atoms. The van der Waals surface area contributed by atoms with E-state index in [1.165, 1.54) is 6.92 Å². The fourth-order valence-electron chi connectivity index (χ4n) is 2.87. The summed E-state index contributed by atoms with van der Waals surface area (Å²) >= 11 is 0. The van der Waals surface area contributed by atoms with Crippen molar-refractivity contribution < 1.29 is 51.4 Å². The van der Waals surface area contributed by atoms with Crippen molar-refractivity contribution in [2.75, 3.05) is 33.0 Å². The van der Waals surface area contributed by atoms with Gasteiger partial charge in [0.05, 0.1) is 23.8 Å². The van der Waals surface area contributed by atoms with Gasteiger partial charge in [0, 0.05) is 7.11 Å². The number of phosphoric acid groups is 1. The summed E-state index contributed by atoms with van der Waals surface area (Å²) in [4.78, 5) is 46.0. The van der Waals surface area contributed by atoms with Crippen LogP contribution in [0.4, 0.5) is 10.3 Å². The number of methoxy groups -OCH3 is 1. The number of alkyl halides is 1. The minimum absolute atomic E-state index is 0.231. The number of esters is 2. The SMILES string of the molecule is CO[C@](C)(COP(=O)(OCOC(=O)C(C)(C)C)OCOC(=O)C(C)(C)C)[C@@H](O)[C@@H](F)n1cnc2c(=O)[nH]c(N)nc21.